The molecule has 6 heteroatoms. The number of hydrogen-bond donors (Lipinski definition) is 4. The molecule has 3 rings (SSSR count). The molecule has 0 aliphatic carbocycles. The highest BCUT2D eigenvalue weighted by atomic mass is 16.4. The van der Waals surface area contributed by atoms with E-state index in [1.54, 1.807) is 24.3 Å². The molecule has 20 heavy (non-hydrogen) atoms. The van der Waals surface area contributed by atoms with Crippen LogP contribution in [-0.2, 0) is 0 Å². The second kappa shape index (κ2) is 4.92. The molecular weight excluding hydrogens is 254 g/mol. The molecule has 3 aromatic rings. The minimum atomic E-state index is -1.60. The minimum absolute atomic E-state index is 0.339. The molecule has 0 spiro atoms. The van der Waals surface area contributed by atoms with Crippen LogP contribution in [-0.4, -0.2) is 34.3 Å². The van der Waals surface area contributed by atoms with Gasteiger partial charge in [0.2, 0.25) is 0 Å². The van der Waals surface area contributed by atoms with Gasteiger partial charge in [-0.2, -0.15) is 0 Å². The Morgan fingerprint density at radius 2 is 1.15 bits per heavy atom. The summed E-state index contributed by atoms with van der Waals surface area (Å²) < 4.78 is 0. The van der Waals surface area contributed by atoms with Gasteiger partial charge >= 0.3 is 14.2 Å². The van der Waals surface area contributed by atoms with Gasteiger partial charge in [0.15, 0.2) is 0 Å². The van der Waals surface area contributed by atoms with Crippen molar-refractivity contribution >= 4 is 46.7 Å². The van der Waals surface area contributed by atoms with Gasteiger partial charge in [-0.05, 0) is 44.6 Å². The predicted molar refractivity (Wildman–Crippen MR) is 79.9 cm³/mol. The lowest BCUT2D eigenvalue weighted by atomic mass is 9.74. The Hall–Kier alpha value is -1.85. The minimum Gasteiger partial charge on any atom is -0.423 e. The van der Waals surface area contributed by atoms with E-state index in [0.717, 1.165) is 10.8 Å². The molecule has 4 N–H and O–H groups in total. The summed E-state index contributed by atoms with van der Waals surface area (Å²) in [6.45, 7) is 0. The molecule has 0 aliphatic rings. The third-order valence-electron chi connectivity index (χ3n) is 3.38. The van der Waals surface area contributed by atoms with Gasteiger partial charge in [-0.1, -0.05) is 36.4 Å². The fourth-order valence-electron chi connectivity index (χ4n) is 2.43. The van der Waals surface area contributed by atoms with Gasteiger partial charge in [-0.25, -0.2) is 0 Å². The van der Waals surface area contributed by atoms with Crippen molar-refractivity contribution in [3.05, 3.63) is 48.5 Å². The largest absolute Gasteiger partial charge is 0.489 e. The molecule has 0 saturated carbocycles. The maximum atomic E-state index is 9.41. The molecule has 0 bridgehead atoms. The van der Waals surface area contributed by atoms with Crippen LogP contribution in [0.25, 0.3) is 21.5 Å². The van der Waals surface area contributed by atoms with Crippen LogP contribution in [0.1, 0.15) is 0 Å². The fourth-order valence-corrected chi connectivity index (χ4v) is 2.43. The Balaban J connectivity index is 2.42. The van der Waals surface area contributed by atoms with Crippen molar-refractivity contribution in [1.82, 2.24) is 0 Å². The molecule has 0 atom stereocenters. The summed E-state index contributed by atoms with van der Waals surface area (Å²) in [5.41, 5.74) is 0.679. The number of rotatable bonds is 2. The molecule has 1 radical (unpaired) electrons. The summed E-state index contributed by atoms with van der Waals surface area (Å²) in [5.74, 6) is 0. The quantitative estimate of drug-likeness (QED) is 0.359. The van der Waals surface area contributed by atoms with Gasteiger partial charge in [-0.3, -0.25) is 0 Å². The van der Waals surface area contributed by atoms with Gasteiger partial charge in [-0.15, -0.1) is 0 Å². The average Bonchev–Trinajstić information content (AvgIpc) is 2.43. The highest BCUT2D eigenvalue weighted by molar-refractivity contribution is 6.63. The highest BCUT2D eigenvalue weighted by Gasteiger charge is 2.18. The standard InChI is InChI=1S/C14H11B2O4/c17-15(18)13-5-1-3-9-7-10-4-2-6-14(16(19)20)12(10)8-11(9)13/h1-7,17-20H. The van der Waals surface area contributed by atoms with Gasteiger partial charge in [0.05, 0.1) is 0 Å². The second-order valence-corrected chi connectivity index (χ2v) is 4.64. The van der Waals surface area contributed by atoms with Crippen LogP contribution in [0.2, 0.25) is 0 Å². The van der Waals surface area contributed by atoms with E-state index >= 15 is 0 Å². The first-order valence-electron chi connectivity index (χ1n) is 6.18. The van der Waals surface area contributed by atoms with Crippen LogP contribution in [0.5, 0.6) is 0 Å². The summed E-state index contributed by atoms with van der Waals surface area (Å²) in [6, 6.07) is 15.3. The van der Waals surface area contributed by atoms with Gasteiger partial charge in [0, 0.05) is 0 Å². The van der Waals surface area contributed by atoms with Crippen LogP contribution >= 0.6 is 0 Å². The average molecular weight is 265 g/mol. The third-order valence-corrected chi connectivity index (χ3v) is 3.38. The van der Waals surface area contributed by atoms with E-state index in [2.05, 4.69) is 6.07 Å². The van der Waals surface area contributed by atoms with E-state index in [9.17, 15) is 20.1 Å². The van der Waals surface area contributed by atoms with Crippen LogP contribution in [0.15, 0.2) is 42.5 Å². The van der Waals surface area contributed by atoms with Crippen LogP contribution in [0, 0.1) is 6.07 Å². The van der Waals surface area contributed by atoms with Gasteiger partial charge in [0.25, 0.3) is 0 Å². The Bertz CT molecular complexity index is 724. The molecule has 0 unspecified atom stereocenters. The number of benzene rings is 3. The molecule has 0 fully saturated rings. The lowest BCUT2D eigenvalue weighted by Gasteiger charge is -2.10. The van der Waals surface area contributed by atoms with Crippen LogP contribution < -0.4 is 10.9 Å². The van der Waals surface area contributed by atoms with Gasteiger partial charge < -0.3 is 20.1 Å². The molecule has 0 heterocycles. The maximum absolute atomic E-state index is 9.41. The molecule has 4 nitrogen and oxygen atoms in total. The second-order valence-electron chi connectivity index (χ2n) is 4.64. The fraction of sp³-hybridized carbons (Fsp3) is 0. The number of fused-ring (bicyclic) bond motifs is 2. The molecule has 97 valence electrons. The smallest absolute Gasteiger partial charge is 0.423 e. The van der Waals surface area contributed by atoms with Crippen molar-refractivity contribution in [2.45, 2.75) is 0 Å². The van der Waals surface area contributed by atoms with Crippen molar-refractivity contribution in [1.29, 1.82) is 0 Å². The van der Waals surface area contributed by atoms with E-state index in [0.29, 0.717) is 21.7 Å². The zero-order valence-electron chi connectivity index (χ0n) is 10.5. The van der Waals surface area contributed by atoms with Crippen LogP contribution in [0.3, 0.4) is 0 Å². The Morgan fingerprint density at radius 1 is 0.700 bits per heavy atom. The van der Waals surface area contributed by atoms with Crippen molar-refractivity contribution < 1.29 is 20.1 Å². The van der Waals surface area contributed by atoms with Crippen LogP contribution in [0.4, 0.5) is 0 Å². The normalized spacial score (nSPS) is 11.0. The van der Waals surface area contributed by atoms with E-state index in [1.165, 1.54) is 0 Å². The maximum Gasteiger partial charge on any atom is 0.489 e. The van der Waals surface area contributed by atoms with E-state index in [-0.39, 0.29) is 0 Å². The molecular formula is C14H11B2O4. The first kappa shape index (κ1) is 13.1. The summed E-state index contributed by atoms with van der Waals surface area (Å²) in [7, 11) is -3.20. The summed E-state index contributed by atoms with van der Waals surface area (Å²) in [4.78, 5) is 0. The summed E-state index contributed by atoms with van der Waals surface area (Å²) in [6.07, 6.45) is 0. The van der Waals surface area contributed by atoms with E-state index < -0.39 is 14.2 Å². The highest BCUT2D eigenvalue weighted by Crippen LogP contribution is 2.20. The zero-order valence-corrected chi connectivity index (χ0v) is 10.5. The molecule has 0 amide bonds. The van der Waals surface area contributed by atoms with Crippen molar-refractivity contribution in [2.24, 2.45) is 0 Å². The topological polar surface area (TPSA) is 80.9 Å². The van der Waals surface area contributed by atoms with Crippen molar-refractivity contribution in [2.75, 3.05) is 0 Å². The SMILES string of the molecule is OB(O)c1cccc2cc3cccc(B(O)O)c3[c]c12. The Kier molecular flexibility index (Phi) is 3.23. The molecule has 0 aliphatic heterocycles. The first-order valence-corrected chi connectivity index (χ1v) is 6.18. The first-order chi connectivity index (χ1) is 9.58. The Labute approximate surface area is 116 Å². The number of hydrogen-bond acceptors (Lipinski definition) is 4. The monoisotopic (exact) mass is 265 g/mol. The van der Waals surface area contributed by atoms with Gasteiger partial charge in [0.1, 0.15) is 0 Å². The zero-order chi connectivity index (χ0) is 14.3. The summed E-state index contributed by atoms with van der Waals surface area (Å²) >= 11 is 0. The predicted octanol–water partition coefficient (Wildman–Crippen LogP) is -0.847. The van der Waals surface area contributed by atoms with E-state index in [1.807, 2.05) is 18.2 Å². The van der Waals surface area contributed by atoms with E-state index in [4.69, 9.17) is 0 Å². The Morgan fingerprint density at radius 3 is 1.55 bits per heavy atom. The molecule has 3 aromatic carbocycles. The lowest BCUT2D eigenvalue weighted by molar-refractivity contribution is 0.425. The van der Waals surface area contributed by atoms with Crippen molar-refractivity contribution in [3.8, 4) is 0 Å². The molecule has 0 aromatic heterocycles. The third kappa shape index (κ3) is 2.09. The van der Waals surface area contributed by atoms with Crippen molar-refractivity contribution in [3.63, 3.8) is 0 Å². The summed E-state index contributed by atoms with van der Waals surface area (Å²) in [5, 5.41) is 40.4. The molecule has 0 saturated heterocycles. The lowest BCUT2D eigenvalue weighted by Crippen LogP contribution is -2.32.